The Labute approximate surface area is 72.1 Å². The Hall–Kier alpha value is -0.440. The molecule has 1 unspecified atom stereocenters. The smallest absolute Gasteiger partial charge is 0.270 e. The van der Waals surface area contributed by atoms with Crippen molar-refractivity contribution in [3.63, 3.8) is 0 Å². The summed E-state index contributed by atoms with van der Waals surface area (Å²) in [5.41, 5.74) is 0.316. The Morgan fingerprint density at radius 1 is 1.50 bits per heavy atom. The first kappa shape index (κ1) is 9.65. The molecule has 1 rings (SSSR count). The van der Waals surface area contributed by atoms with Crippen molar-refractivity contribution in [3.05, 3.63) is 11.7 Å². The number of halogens is 2. The molecule has 3 heteroatoms. The molecule has 0 spiro atoms. The number of hydrogen-bond donors (Lipinski definition) is 0. The molecular formula is C9H15F2N. The van der Waals surface area contributed by atoms with E-state index >= 15 is 0 Å². The van der Waals surface area contributed by atoms with Gasteiger partial charge in [0.1, 0.15) is 0 Å². The van der Waals surface area contributed by atoms with E-state index in [1.165, 1.54) is 0 Å². The van der Waals surface area contributed by atoms with Crippen LogP contribution in [0, 0.1) is 5.92 Å². The zero-order valence-electron chi connectivity index (χ0n) is 7.77. The Kier molecular flexibility index (Phi) is 2.83. The molecule has 0 aromatic heterocycles. The Morgan fingerprint density at radius 3 is 2.33 bits per heavy atom. The molecule has 1 aliphatic heterocycles. The highest BCUT2D eigenvalue weighted by atomic mass is 19.3. The monoisotopic (exact) mass is 175 g/mol. The van der Waals surface area contributed by atoms with Crippen molar-refractivity contribution < 1.29 is 8.78 Å². The first-order valence-corrected chi connectivity index (χ1v) is 4.25. The fraction of sp³-hybridized carbons (Fsp3) is 0.778. The fourth-order valence-electron chi connectivity index (χ4n) is 1.77. The van der Waals surface area contributed by atoms with Gasteiger partial charge in [0, 0.05) is 18.2 Å². The van der Waals surface area contributed by atoms with E-state index in [4.69, 9.17) is 0 Å². The summed E-state index contributed by atoms with van der Waals surface area (Å²) in [4.78, 5) is 2.00. The third-order valence-electron chi connectivity index (χ3n) is 2.50. The zero-order chi connectivity index (χ0) is 9.30. The highest BCUT2D eigenvalue weighted by Gasteiger charge is 2.29. The van der Waals surface area contributed by atoms with Gasteiger partial charge in [0.2, 0.25) is 0 Å². The lowest BCUT2D eigenvalue weighted by Crippen LogP contribution is -2.29. The lowest BCUT2D eigenvalue weighted by atomic mass is 10.0. The van der Waals surface area contributed by atoms with Crippen LogP contribution >= 0.6 is 0 Å². The molecular weight excluding hydrogens is 160 g/mol. The van der Waals surface area contributed by atoms with Crippen molar-refractivity contribution in [3.8, 4) is 0 Å². The van der Waals surface area contributed by atoms with Gasteiger partial charge < -0.3 is 0 Å². The Bertz CT molecular complexity index is 195. The van der Waals surface area contributed by atoms with Crippen LogP contribution in [0.3, 0.4) is 0 Å². The van der Waals surface area contributed by atoms with Crippen LogP contribution in [-0.4, -0.2) is 24.5 Å². The molecule has 0 bridgehead atoms. The summed E-state index contributed by atoms with van der Waals surface area (Å²) in [5.74, 6) is 0.451. The van der Waals surface area contributed by atoms with Gasteiger partial charge in [-0.15, -0.1) is 0 Å². The van der Waals surface area contributed by atoms with Crippen LogP contribution in [-0.2, 0) is 0 Å². The van der Waals surface area contributed by atoms with Crippen molar-refractivity contribution in [2.75, 3.05) is 13.6 Å². The van der Waals surface area contributed by atoms with E-state index in [1.54, 1.807) is 0 Å². The summed E-state index contributed by atoms with van der Waals surface area (Å²) in [6, 6.07) is 0.293. The van der Waals surface area contributed by atoms with Gasteiger partial charge >= 0.3 is 0 Å². The molecule has 0 radical (unpaired) electrons. The SMILES string of the molecule is CC(C)C1CC(=C(F)F)CN1C. The van der Waals surface area contributed by atoms with Crippen LogP contribution < -0.4 is 0 Å². The van der Waals surface area contributed by atoms with Gasteiger partial charge in [0.25, 0.3) is 6.08 Å². The van der Waals surface area contributed by atoms with E-state index < -0.39 is 6.08 Å². The van der Waals surface area contributed by atoms with Crippen LogP contribution in [0.25, 0.3) is 0 Å². The Morgan fingerprint density at radius 2 is 2.08 bits per heavy atom. The van der Waals surface area contributed by atoms with Gasteiger partial charge in [-0.3, -0.25) is 4.90 Å². The molecule has 0 aromatic carbocycles. The van der Waals surface area contributed by atoms with Crippen LogP contribution in [0.5, 0.6) is 0 Å². The maximum atomic E-state index is 12.2. The minimum Gasteiger partial charge on any atom is -0.299 e. The van der Waals surface area contributed by atoms with Gasteiger partial charge in [-0.05, 0) is 19.4 Å². The van der Waals surface area contributed by atoms with Crippen molar-refractivity contribution in [2.45, 2.75) is 26.3 Å². The number of nitrogens with zero attached hydrogens (tertiary/aromatic N) is 1. The molecule has 1 fully saturated rings. The highest BCUT2D eigenvalue weighted by Crippen LogP contribution is 2.28. The van der Waals surface area contributed by atoms with Crippen LogP contribution in [0.4, 0.5) is 8.78 Å². The summed E-state index contributed by atoms with van der Waals surface area (Å²) in [6.07, 6.45) is -0.943. The third kappa shape index (κ3) is 1.83. The molecule has 12 heavy (non-hydrogen) atoms. The fourth-order valence-corrected chi connectivity index (χ4v) is 1.77. The summed E-state index contributed by atoms with van der Waals surface area (Å²) < 4.78 is 24.4. The molecule has 1 atom stereocenters. The topological polar surface area (TPSA) is 3.24 Å². The number of hydrogen-bond acceptors (Lipinski definition) is 1. The maximum absolute atomic E-state index is 12.2. The second kappa shape index (κ2) is 3.52. The van der Waals surface area contributed by atoms with Crippen LogP contribution in [0.2, 0.25) is 0 Å². The summed E-state index contributed by atoms with van der Waals surface area (Å²) in [5, 5.41) is 0. The molecule has 0 amide bonds. The van der Waals surface area contributed by atoms with Crippen molar-refractivity contribution >= 4 is 0 Å². The number of likely N-dealkylation sites (N-methyl/N-ethyl adjacent to an activating group) is 1. The molecule has 1 aliphatic rings. The molecule has 1 nitrogen and oxygen atoms in total. The van der Waals surface area contributed by atoms with E-state index in [-0.39, 0.29) is 0 Å². The standard InChI is InChI=1S/C9H15F2N/c1-6(2)8-4-7(9(10)11)5-12(8)3/h6,8H,4-5H2,1-3H3. The normalized spacial score (nSPS) is 25.5. The van der Waals surface area contributed by atoms with Crippen molar-refractivity contribution in [1.29, 1.82) is 0 Å². The average molecular weight is 175 g/mol. The molecule has 0 saturated carbocycles. The van der Waals surface area contributed by atoms with Gasteiger partial charge in [0.15, 0.2) is 0 Å². The lowest BCUT2D eigenvalue weighted by molar-refractivity contribution is 0.250. The molecule has 70 valence electrons. The van der Waals surface area contributed by atoms with Crippen molar-refractivity contribution in [1.82, 2.24) is 4.90 Å². The van der Waals surface area contributed by atoms with E-state index in [9.17, 15) is 8.78 Å². The lowest BCUT2D eigenvalue weighted by Gasteiger charge is -2.21. The maximum Gasteiger partial charge on any atom is 0.270 e. The zero-order valence-corrected chi connectivity index (χ0v) is 7.77. The van der Waals surface area contributed by atoms with Gasteiger partial charge in [0.05, 0.1) is 0 Å². The minimum absolute atomic E-state index is 0.293. The Balaban J connectivity index is 2.69. The predicted octanol–water partition coefficient (Wildman–Crippen LogP) is 2.50. The van der Waals surface area contributed by atoms with E-state index in [1.807, 2.05) is 11.9 Å². The predicted molar refractivity (Wildman–Crippen MR) is 45.1 cm³/mol. The molecule has 1 saturated heterocycles. The average Bonchev–Trinajstić information content (AvgIpc) is 2.30. The minimum atomic E-state index is -1.48. The van der Waals surface area contributed by atoms with Gasteiger partial charge in [-0.25, -0.2) is 0 Å². The molecule has 0 aromatic rings. The highest BCUT2D eigenvalue weighted by molar-refractivity contribution is 5.13. The quantitative estimate of drug-likeness (QED) is 0.592. The number of likely N-dealkylation sites (tertiary alicyclic amines) is 1. The molecule has 1 heterocycles. The van der Waals surface area contributed by atoms with Crippen LogP contribution in [0.15, 0.2) is 11.7 Å². The summed E-state index contributed by atoms with van der Waals surface area (Å²) in [7, 11) is 1.90. The van der Waals surface area contributed by atoms with Gasteiger partial charge in [-0.2, -0.15) is 8.78 Å². The molecule has 0 aliphatic carbocycles. The van der Waals surface area contributed by atoms with E-state index in [0.29, 0.717) is 30.5 Å². The molecule has 0 N–H and O–H groups in total. The first-order valence-electron chi connectivity index (χ1n) is 4.25. The summed E-state index contributed by atoms with van der Waals surface area (Å²) in [6.45, 7) is 4.58. The van der Waals surface area contributed by atoms with E-state index in [2.05, 4.69) is 13.8 Å². The largest absolute Gasteiger partial charge is 0.299 e. The third-order valence-corrected chi connectivity index (χ3v) is 2.50. The second-order valence-corrected chi connectivity index (χ2v) is 3.79. The number of rotatable bonds is 1. The first-order chi connectivity index (χ1) is 5.52. The van der Waals surface area contributed by atoms with Crippen molar-refractivity contribution in [2.24, 2.45) is 5.92 Å². The van der Waals surface area contributed by atoms with Gasteiger partial charge in [-0.1, -0.05) is 13.8 Å². The second-order valence-electron chi connectivity index (χ2n) is 3.79. The summed E-state index contributed by atoms with van der Waals surface area (Å²) >= 11 is 0. The van der Waals surface area contributed by atoms with Crippen LogP contribution in [0.1, 0.15) is 20.3 Å². The van der Waals surface area contributed by atoms with E-state index in [0.717, 1.165) is 0 Å².